The number of halogens is 1. The standard InChI is InChI=1S/C20H13ClS2/c21-20-13-12-19(23-20)18-11-10-17(22-18)16-8-6-15(7-9-16)14-4-2-1-3-5-14/h1-13H. The second kappa shape index (κ2) is 6.32. The van der Waals surface area contributed by atoms with Gasteiger partial charge in [-0.15, -0.1) is 22.7 Å². The van der Waals surface area contributed by atoms with Crippen LogP contribution in [0.1, 0.15) is 0 Å². The van der Waals surface area contributed by atoms with Crippen LogP contribution >= 0.6 is 34.3 Å². The summed E-state index contributed by atoms with van der Waals surface area (Å²) in [6.45, 7) is 0. The highest BCUT2D eigenvalue weighted by Gasteiger charge is 2.07. The maximum Gasteiger partial charge on any atom is 0.0935 e. The Kier molecular flexibility index (Phi) is 4.04. The molecular formula is C20H13ClS2. The van der Waals surface area contributed by atoms with Gasteiger partial charge >= 0.3 is 0 Å². The second-order valence-electron chi connectivity index (χ2n) is 5.21. The maximum absolute atomic E-state index is 6.03. The van der Waals surface area contributed by atoms with Gasteiger partial charge < -0.3 is 0 Å². The third-order valence-corrected chi connectivity index (χ3v) is 6.26. The van der Waals surface area contributed by atoms with Crippen molar-refractivity contribution >= 4 is 34.3 Å². The van der Waals surface area contributed by atoms with Gasteiger partial charge in [-0.3, -0.25) is 0 Å². The quantitative estimate of drug-likeness (QED) is 0.359. The molecule has 0 fully saturated rings. The molecule has 3 heteroatoms. The monoisotopic (exact) mass is 352 g/mol. The van der Waals surface area contributed by atoms with Crippen molar-refractivity contribution in [2.24, 2.45) is 0 Å². The first-order valence-electron chi connectivity index (χ1n) is 7.31. The predicted octanol–water partition coefficient (Wildman–Crippen LogP) is 7.46. The van der Waals surface area contributed by atoms with Crippen LogP contribution in [0.4, 0.5) is 0 Å². The first-order chi connectivity index (χ1) is 11.3. The number of benzene rings is 2. The van der Waals surface area contributed by atoms with Crippen molar-refractivity contribution < 1.29 is 0 Å². The van der Waals surface area contributed by atoms with Crippen molar-refractivity contribution in [3.63, 3.8) is 0 Å². The van der Waals surface area contributed by atoms with Crippen LogP contribution in [0.15, 0.2) is 78.9 Å². The smallest absolute Gasteiger partial charge is 0.0935 e. The molecule has 0 aliphatic rings. The van der Waals surface area contributed by atoms with Crippen LogP contribution in [0.2, 0.25) is 4.34 Å². The molecule has 2 aromatic heterocycles. The van der Waals surface area contributed by atoms with Gasteiger partial charge in [0.1, 0.15) is 0 Å². The molecule has 0 bridgehead atoms. The van der Waals surface area contributed by atoms with Gasteiger partial charge in [0.25, 0.3) is 0 Å². The van der Waals surface area contributed by atoms with E-state index in [1.807, 2.05) is 12.1 Å². The molecule has 0 aliphatic heterocycles. The fraction of sp³-hybridized carbons (Fsp3) is 0. The zero-order chi connectivity index (χ0) is 15.6. The minimum Gasteiger partial charge on any atom is -0.134 e. The molecule has 4 aromatic rings. The highest BCUT2D eigenvalue weighted by Crippen LogP contribution is 2.39. The Morgan fingerprint density at radius 3 is 1.74 bits per heavy atom. The van der Waals surface area contributed by atoms with E-state index in [-0.39, 0.29) is 0 Å². The first-order valence-corrected chi connectivity index (χ1v) is 9.32. The van der Waals surface area contributed by atoms with Gasteiger partial charge in [0.05, 0.1) is 4.34 Å². The Bertz CT molecular complexity index is 918. The molecule has 0 spiro atoms. The molecule has 23 heavy (non-hydrogen) atoms. The lowest BCUT2D eigenvalue weighted by atomic mass is 10.0. The Balaban J connectivity index is 1.63. The second-order valence-corrected chi connectivity index (χ2v) is 8.01. The summed E-state index contributed by atoms with van der Waals surface area (Å²) in [5, 5.41) is 0. The fourth-order valence-electron chi connectivity index (χ4n) is 2.53. The summed E-state index contributed by atoms with van der Waals surface area (Å²) in [4.78, 5) is 3.78. The van der Waals surface area contributed by atoms with E-state index in [4.69, 9.17) is 11.6 Å². The summed E-state index contributed by atoms with van der Waals surface area (Å²) in [7, 11) is 0. The van der Waals surface area contributed by atoms with E-state index in [0.717, 1.165) is 4.34 Å². The molecule has 112 valence electrons. The molecule has 4 rings (SSSR count). The van der Waals surface area contributed by atoms with Crippen molar-refractivity contribution in [3.05, 3.63) is 83.2 Å². The van der Waals surface area contributed by atoms with Crippen LogP contribution in [-0.2, 0) is 0 Å². The number of rotatable bonds is 3. The molecule has 2 aromatic carbocycles. The van der Waals surface area contributed by atoms with E-state index in [2.05, 4.69) is 66.7 Å². The molecule has 0 aliphatic carbocycles. The Morgan fingerprint density at radius 2 is 1.04 bits per heavy atom. The van der Waals surface area contributed by atoms with E-state index in [1.165, 1.54) is 31.3 Å². The summed E-state index contributed by atoms with van der Waals surface area (Å²) in [5.74, 6) is 0. The van der Waals surface area contributed by atoms with Crippen molar-refractivity contribution in [1.29, 1.82) is 0 Å². The van der Waals surface area contributed by atoms with Gasteiger partial charge in [-0.25, -0.2) is 0 Å². The van der Waals surface area contributed by atoms with Crippen LogP contribution < -0.4 is 0 Å². The predicted molar refractivity (Wildman–Crippen MR) is 104 cm³/mol. The molecule has 0 saturated heterocycles. The number of hydrogen-bond donors (Lipinski definition) is 0. The van der Waals surface area contributed by atoms with E-state index < -0.39 is 0 Å². The van der Waals surface area contributed by atoms with Crippen LogP contribution in [0, 0.1) is 0 Å². The van der Waals surface area contributed by atoms with Crippen molar-refractivity contribution in [3.8, 4) is 31.3 Å². The van der Waals surface area contributed by atoms with Crippen LogP contribution in [0.3, 0.4) is 0 Å². The Labute approximate surface area is 148 Å². The van der Waals surface area contributed by atoms with Crippen molar-refractivity contribution in [2.75, 3.05) is 0 Å². The van der Waals surface area contributed by atoms with Crippen molar-refractivity contribution in [2.45, 2.75) is 0 Å². The lowest BCUT2D eigenvalue weighted by Crippen LogP contribution is -1.77. The molecule has 0 amide bonds. The van der Waals surface area contributed by atoms with Crippen LogP contribution in [0.25, 0.3) is 31.3 Å². The van der Waals surface area contributed by atoms with E-state index >= 15 is 0 Å². The first kappa shape index (κ1) is 14.7. The minimum absolute atomic E-state index is 0.835. The van der Waals surface area contributed by atoms with Crippen molar-refractivity contribution in [1.82, 2.24) is 0 Å². The van der Waals surface area contributed by atoms with Gasteiger partial charge in [-0.05, 0) is 41.0 Å². The minimum atomic E-state index is 0.835. The summed E-state index contributed by atoms with van der Waals surface area (Å²) < 4.78 is 0.835. The molecule has 0 radical (unpaired) electrons. The summed E-state index contributed by atoms with van der Waals surface area (Å²) in [6, 6.07) is 27.6. The zero-order valence-electron chi connectivity index (χ0n) is 12.2. The summed E-state index contributed by atoms with van der Waals surface area (Å²) in [5.41, 5.74) is 3.75. The van der Waals surface area contributed by atoms with Gasteiger partial charge in [0.15, 0.2) is 0 Å². The van der Waals surface area contributed by atoms with E-state index in [0.29, 0.717) is 0 Å². The molecule has 0 saturated carbocycles. The van der Waals surface area contributed by atoms with E-state index in [9.17, 15) is 0 Å². The van der Waals surface area contributed by atoms with E-state index in [1.54, 1.807) is 22.7 Å². The SMILES string of the molecule is Clc1ccc(-c2ccc(-c3ccc(-c4ccccc4)cc3)s2)s1. The zero-order valence-corrected chi connectivity index (χ0v) is 14.6. The molecule has 0 N–H and O–H groups in total. The average molecular weight is 353 g/mol. The molecule has 0 nitrogen and oxygen atoms in total. The number of thiophene rings is 2. The van der Waals surface area contributed by atoms with Gasteiger partial charge in [0.2, 0.25) is 0 Å². The normalized spacial score (nSPS) is 10.8. The van der Waals surface area contributed by atoms with Gasteiger partial charge in [0, 0.05) is 14.6 Å². The summed E-state index contributed by atoms with van der Waals surface area (Å²) >= 11 is 9.46. The lowest BCUT2D eigenvalue weighted by molar-refractivity contribution is 1.62. The highest BCUT2D eigenvalue weighted by atomic mass is 35.5. The molecular weight excluding hydrogens is 340 g/mol. The topological polar surface area (TPSA) is 0 Å². The molecule has 0 unspecified atom stereocenters. The van der Waals surface area contributed by atoms with Crippen LogP contribution in [0.5, 0.6) is 0 Å². The average Bonchev–Trinajstić information content (AvgIpc) is 3.25. The number of hydrogen-bond acceptors (Lipinski definition) is 2. The third kappa shape index (κ3) is 3.11. The summed E-state index contributed by atoms with van der Waals surface area (Å²) in [6.07, 6.45) is 0. The maximum atomic E-state index is 6.03. The Morgan fingerprint density at radius 1 is 0.478 bits per heavy atom. The Hall–Kier alpha value is -1.87. The highest BCUT2D eigenvalue weighted by molar-refractivity contribution is 7.25. The van der Waals surface area contributed by atoms with Gasteiger partial charge in [-0.2, -0.15) is 0 Å². The lowest BCUT2D eigenvalue weighted by Gasteiger charge is -2.03. The molecule has 0 atom stereocenters. The third-order valence-electron chi connectivity index (χ3n) is 3.70. The largest absolute Gasteiger partial charge is 0.134 e. The molecule has 2 heterocycles. The van der Waals surface area contributed by atoms with Gasteiger partial charge in [-0.1, -0.05) is 66.2 Å². The fourth-order valence-corrected chi connectivity index (χ4v) is 4.67. The van der Waals surface area contributed by atoms with Crippen LogP contribution in [-0.4, -0.2) is 0 Å².